The summed E-state index contributed by atoms with van der Waals surface area (Å²) in [5.74, 6) is 0. The smallest absolute Gasteiger partial charge is 0.269 e. The van der Waals surface area contributed by atoms with Gasteiger partial charge in [0.2, 0.25) is 0 Å². The number of anilines is 1. The van der Waals surface area contributed by atoms with Crippen LogP contribution in [0.1, 0.15) is 0 Å². The van der Waals surface area contributed by atoms with Gasteiger partial charge in [-0.25, -0.2) is 17.4 Å². The van der Waals surface area contributed by atoms with E-state index < -0.39 is 10.0 Å². The van der Waals surface area contributed by atoms with Gasteiger partial charge >= 0.3 is 0 Å². The molecule has 25 heavy (non-hydrogen) atoms. The Morgan fingerprint density at radius 3 is 2.48 bits per heavy atom. The Morgan fingerprint density at radius 1 is 1.04 bits per heavy atom. The molecule has 0 spiro atoms. The van der Waals surface area contributed by atoms with Crippen LogP contribution in [0.4, 0.5) is 5.69 Å². The third kappa shape index (κ3) is 2.88. The summed E-state index contributed by atoms with van der Waals surface area (Å²) >= 11 is 5.86. The first kappa shape index (κ1) is 16.4. The molecule has 2 aromatic carbocycles. The molecule has 4 rings (SSSR count). The molecule has 8 heteroatoms. The summed E-state index contributed by atoms with van der Waals surface area (Å²) in [6, 6.07) is 11.8. The predicted molar refractivity (Wildman–Crippen MR) is 98.9 cm³/mol. The van der Waals surface area contributed by atoms with Crippen LogP contribution in [-0.4, -0.2) is 43.6 Å². The predicted octanol–water partition coefficient (Wildman–Crippen LogP) is 2.34. The molecule has 1 saturated heterocycles. The van der Waals surface area contributed by atoms with E-state index in [0.717, 1.165) is 31.9 Å². The highest BCUT2D eigenvalue weighted by atomic mass is 35.5. The maximum Gasteiger partial charge on any atom is 0.269 e. The van der Waals surface area contributed by atoms with Gasteiger partial charge in [-0.2, -0.15) is 0 Å². The summed E-state index contributed by atoms with van der Waals surface area (Å²) in [6.45, 7) is 3.55. The maximum atomic E-state index is 13.0. The van der Waals surface area contributed by atoms with Gasteiger partial charge < -0.3 is 10.2 Å². The van der Waals surface area contributed by atoms with Crippen LogP contribution in [0.25, 0.3) is 11.0 Å². The van der Waals surface area contributed by atoms with Crippen molar-refractivity contribution in [1.82, 2.24) is 14.3 Å². The third-order valence-corrected chi connectivity index (χ3v) is 6.28. The molecule has 1 N–H and O–H groups in total. The maximum absolute atomic E-state index is 13.0. The Bertz CT molecular complexity index is 1010. The molecule has 3 aromatic rings. The van der Waals surface area contributed by atoms with E-state index in [9.17, 15) is 8.42 Å². The van der Waals surface area contributed by atoms with Crippen molar-refractivity contribution in [3.8, 4) is 0 Å². The average molecular weight is 377 g/mol. The fourth-order valence-electron chi connectivity index (χ4n) is 3.07. The Morgan fingerprint density at radius 2 is 1.76 bits per heavy atom. The lowest BCUT2D eigenvalue weighted by atomic mass is 10.2. The van der Waals surface area contributed by atoms with Crippen molar-refractivity contribution in [2.75, 3.05) is 31.1 Å². The lowest BCUT2D eigenvalue weighted by Crippen LogP contribution is -2.43. The van der Waals surface area contributed by atoms with Gasteiger partial charge in [-0.05, 0) is 36.4 Å². The Hall–Kier alpha value is -2.09. The summed E-state index contributed by atoms with van der Waals surface area (Å²) in [7, 11) is -3.72. The molecule has 0 saturated carbocycles. The Labute approximate surface area is 151 Å². The van der Waals surface area contributed by atoms with E-state index in [1.807, 2.05) is 12.1 Å². The number of halogens is 1. The highest BCUT2D eigenvalue weighted by Gasteiger charge is 2.22. The molecule has 0 atom stereocenters. The van der Waals surface area contributed by atoms with Gasteiger partial charge in [-0.3, -0.25) is 0 Å². The zero-order valence-electron chi connectivity index (χ0n) is 13.4. The van der Waals surface area contributed by atoms with Crippen LogP contribution < -0.4 is 10.2 Å². The zero-order chi connectivity index (χ0) is 17.4. The molecular formula is C17H17ClN4O2S. The topological polar surface area (TPSA) is 67.2 Å². The number of nitrogens with zero attached hydrogens (tertiary/aromatic N) is 3. The highest BCUT2D eigenvalue weighted by Crippen LogP contribution is 2.28. The summed E-state index contributed by atoms with van der Waals surface area (Å²) < 4.78 is 27.2. The molecule has 0 aliphatic carbocycles. The lowest BCUT2D eigenvalue weighted by Gasteiger charge is -2.29. The summed E-state index contributed by atoms with van der Waals surface area (Å²) in [5, 5.41) is 3.81. The molecule has 1 fully saturated rings. The van der Waals surface area contributed by atoms with Gasteiger partial charge in [-0.15, -0.1) is 0 Å². The van der Waals surface area contributed by atoms with Crippen LogP contribution in [0.2, 0.25) is 5.02 Å². The highest BCUT2D eigenvalue weighted by molar-refractivity contribution is 7.90. The van der Waals surface area contributed by atoms with E-state index in [-0.39, 0.29) is 4.90 Å². The average Bonchev–Trinajstić information content (AvgIpc) is 3.08. The van der Waals surface area contributed by atoms with Crippen LogP contribution in [0, 0.1) is 0 Å². The molecule has 130 valence electrons. The second-order valence-corrected chi connectivity index (χ2v) is 8.13. The van der Waals surface area contributed by atoms with Gasteiger partial charge in [0.15, 0.2) is 0 Å². The van der Waals surface area contributed by atoms with Gasteiger partial charge in [0.25, 0.3) is 10.0 Å². The number of nitrogens with one attached hydrogen (secondary N) is 1. The number of fused-ring (bicyclic) bond motifs is 1. The van der Waals surface area contributed by atoms with Crippen molar-refractivity contribution in [3.05, 3.63) is 53.8 Å². The van der Waals surface area contributed by atoms with Crippen molar-refractivity contribution < 1.29 is 8.42 Å². The number of hydrogen-bond acceptors (Lipinski definition) is 5. The first-order valence-electron chi connectivity index (χ1n) is 8.00. The lowest BCUT2D eigenvalue weighted by molar-refractivity contribution is 0.588. The summed E-state index contributed by atoms with van der Waals surface area (Å²) in [4.78, 5) is 6.81. The van der Waals surface area contributed by atoms with Crippen LogP contribution in [-0.2, 0) is 10.0 Å². The molecule has 1 aliphatic heterocycles. The van der Waals surface area contributed by atoms with E-state index >= 15 is 0 Å². The summed E-state index contributed by atoms with van der Waals surface area (Å²) in [6.07, 6.45) is 1.38. The molecule has 2 heterocycles. The van der Waals surface area contributed by atoms with E-state index in [1.54, 1.807) is 18.2 Å². The van der Waals surface area contributed by atoms with Crippen LogP contribution in [0.5, 0.6) is 0 Å². The van der Waals surface area contributed by atoms with E-state index in [2.05, 4.69) is 15.2 Å². The van der Waals surface area contributed by atoms with Crippen molar-refractivity contribution in [3.63, 3.8) is 0 Å². The minimum atomic E-state index is -3.72. The number of imidazole rings is 1. The molecule has 0 bridgehead atoms. The standard InChI is InChI=1S/C17H17ClN4O2S/c18-13-4-6-14(7-5-13)25(23,24)22-12-20-17-15(2-1-3-16(17)22)21-10-8-19-9-11-21/h1-7,12,19H,8-11H2. The molecule has 1 aromatic heterocycles. The second kappa shape index (κ2) is 6.33. The number of rotatable bonds is 3. The van der Waals surface area contributed by atoms with Crippen molar-refractivity contribution in [2.45, 2.75) is 4.90 Å². The molecular weight excluding hydrogens is 360 g/mol. The number of hydrogen-bond donors (Lipinski definition) is 1. The summed E-state index contributed by atoms with van der Waals surface area (Å²) in [5.41, 5.74) is 2.23. The largest absolute Gasteiger partial charge is 0.367 e. The molecule has 6 nitrogen and oxygen atoms in total. The molecule has 0 unspecified atom stereocenters. The molecule has 0 amide bonds. The first-order valence-corrected chi connectivity index (χ1v) is 9.82. The van der Waals surface area contributed by atoms with Crippen molar-refractivity contribution in [1.29, 1.82) is 0 Å². The first-order chi connectivity index (χ1) is 12.1. The number of aromatic nitrogens is 2. The van der Waals surface area contributed by atoms with Crippen LogP contribution >= 0.6 is 11.6 Å². The Kier molecular flexibility index (Phi) is 4.15. The second-order valence-electron chi connectivity index (χ2n) is 5.88. The number of para-hydroxylation sites is 1. The van der Waals surface area contributed by atoms with E-state index in [1.165, 1.54) is 22.4 Å². The number of benzene rings is 2. The van der Waals surface area contributed by atoms with Crippen LogP contribution in [0.15, 0.2) is 53.7 Å². The van der Waals surface area contributed by atoms with E-state index in [4.69, 9.17) is 11.6 Å². The van der Waals surface area contributed by atoms with Crippen molar-refractivity contribution in [2.24, 2.45) is 0 Å². The Balaban J connectivity index is 1.82. The fraction of sp³-hybridized carbons (Fsp3) is 0.235. The van der Waals surface area contributed by atoms with Crippen LogP contribution in [0.3, 0.4) is 0 Å². The monoisotopic (exact) mass is 376 g/mol. The van der Waals surface area contributed by atoms with Gasteiger partial charge in [0.1, 0.15) is 11.8 Å². The molecule has 0 radical (unpaired) electrons. The van der Waals surface area contributed by atoms with Gasteiger partial charge in [0.05, 0.1) is 16.1 Å². The molecule has 1 aliphatic rings. The fourth-order valence-corrected chi connectivity index (χ4v) is 4.49. The third-order valence-electron chi connectivity index (χ3n) is 4.35. The zero-order valence-corrected chi connectivity index (χ0v) is 15.0. The quantitative estimate of drug-likeness (QED) is 0.760. The SMILES string of the molecule is O=S(=O)(c1ccc(Cl)cc1)n1cnc2c(N3CCNCC3)cccc21. The van der Waals surface area contributed by atoms with Gasteiger partial charge in [-0.1, -0.05) is 17.7 Å². The number of piperazine rings is 1. The normalized spacial score (nSPS) is 15.6. The van der Waals surface area contributed by atoms with Crippen molar-refractivity contribution >= 4 is 38.3 Å². The van der Waals surface area contributed by atoms with E-state index in [0.29, 0.717) is 16.1 Å². The van der Waals surface area contributed by atoms with Gasteiger partial charge in [0, 0.05) is 31.2 Å². The minimum Gasteiger partial charge on any atom is -0.367 e. The minimum absolute atomic E-state index is 0.184.